The molecule has 0 radical (unpaired) electrons. The van der Waals surface area contributed by atoms with E-state index in [4.69, 9.17) is 5.73 Å². The normalized spacial score (nSPS) is 22.9. The standard InChI is InChI=1S/C21H30N6O7/c1-10(2)8-16-20(31)26-17(11(3)28)21(32)24-15(18(22)29)6-7-23-14-5-4-12(27(33)34)9-13(14)19(30)25-16/h4-5,9-11,15-17,23,28H,6-8H2,1-3H3,(H2,22,29)(H,24,32)(H,25,30)(H,26,31)/t11-,15-,16-,17-/m0/s1. The second-order valence-corrected chi connectivity index (χ2v) is 8.55. The summed E-state index contributed by atoms with van der Waals surface area (Å²) in [4.78, 5) is 61.2. The van der Waals surface area contributed by atoms with Crippen molar-refractivity contribution in [1.29, 1.82) is 0 Å². The summed E-state index contributed by atoms with van der Waals surface area (Å²) in [6, 6.07) is -0.0183. The number of nitrogens with one attached hydrogen (secondary N) is 4. The van der Waals surface area contributed by atoms with Crippen molar-refractivity contribution in [1.82, 2.24) is 16.0 Å². The topological polar surface area (TPSA) is 206 Å². The van der Waals surface area contributed by atoms with Gasteiger partial charge in [0.05, 0.1) is 16.6 Å². The number of nitro benzene ring substituents is 1. The number of carbonyl (C=O) groups is 4. The molecule has 13 heteroatoms. The van der Waals surface area contributed by atoms with Crippen LogP contribution < -0.4 is 27.0 Å². The highest BCUT2D eigenvalue weighted by molar-refractivity contribution is 6.03. The predicted molar refractivity (Wildman–Crippen MR) is 122 cm³/mol. The first-order valence-corrected chi connectivity index (χ1v) is 10.8. The van der Waals surface area contributed by atoms with Crippen molar-refractivity contribution in [2.45, 2.75) is 57.8 Å². The smallest absolute Gasteiger partial charge is 0.270 e. The lowest BCUT2D eigenvalue weighted by molar-refractivity contribution is -0.384. The second kappa shape index (κ2) is 11.4. The molecule has 0 aliphatic carbocycles. The molecule has 13 nitrogen and oxygen atoms in total. The Labute approximate surface area is 196 Å². The van der Waals surface area contributed by atoms with Gasteiger partial charge in [-0.05, 0) is 31.7 Å². The quantitative estimate of drug-likeness (QED) is 0.237. The van der Waals surface area contributed by atoms with Gasteiger partial charge in [0, 0.05) is 24.4 Å². The Kier molecular flexibility index (Phi) is 8.90. The van der Waals surface area contributed by atoms with E-state index in [1.54, 1.807) is 0 Å². The Bertz CT molecular complexity index is 965. The van der Waals surface area contributed by atoms with Gasteiger partial charge in [0.1, 0.15) is 18.1 Å². The summed E-state index contributed by atoms with van der Waals surface area (Å²) in [5.74, 6) is -3.17. The van der Waals surface area contributed by atoms with Crippen molar-refractivity contribution < 1.29 is 29.2 Å². The SMILES string of the molecule is CC(C)C[C@@H]1NC(=O)c2cc([N+](=O)[O-])ccc2NCC[C@@H](C(N)=O)NC(=O)[C@H]([C@H](C)O)NC1=O. The monoisotopic (exact) mass is 478 g/mol. The maximum atomic E-state index is 13.1. The Hall–Kier alpha value is -3.74. The maximum Gasteiger partial charge on any atom is 0.270 e. The number of hydrogen-bond donors (Lipinski definition) is 6. The highest BCUT2D eigenvalue weighted by Crippen LogP contribution is 2.23. The first kappa shape index (κ1) is 26.5. The summed E-state index contributed by atoms with van der Waals surface area (Å²) < 4.78 is 0. The molecule has 1 aliphatic rings. The van der Waals surface area contributed by atoms with Crippen LogP contribution in [0.25, 0.3) is 0 Å². The van der Waals surface area contributed by atoms with Crippen LogP contribution in [-0.4, -0.2) is 64.4 Å². The molecule has 7 N–H and O–H groups in total. The summed E-state index contributed by atoms with van der Waals surface area (Å²) in [5.41, 5.74) is 5.24. The number of carbonyl (C=O) groups excluding carboxylic acids is 4. The highest BCUT2D eigenvalue weighted by atomic mass is 16.6. The maximum absolute atomic E-state index is 13.1. The Morgan fingerprint density at radius 3 is 2.41 bits per heavy atom. The van der Waals surface area contributed by atoms with Crippen LogP contribution in [-0.2, 0) is 14.4 Å². The number of nitrogens with zero attached hydrogens (tertiary/aromatic N) is 1. The van der Waals surface area contributed by atoms with E-state index in [0.29, 0.717) is 0 Å². The molecule has 0 saturated carbocycles. The predicted octanol–water partition coefficient (Wildman–Crippen LogP) is -0.609. The average Bonchev–Trinajstić information content (AvgIpc) is 2.74. The fourth-order valence-electron chi connectivity index (χ4n) is 3.48. The van der Waals surface area contributed by atoms with E-state index in [2.05, 4.69) is 21.3 Å². The third-order valence-corrected chi connectivity index (χ3v) is 5.26. The van der Waals surface area contributed by atoms with Crippen LogP contribution in [0.4, 0.5) is 11.4 Å². The first-order valence-electron chi connectivity index (χ1n) is 10.8. The number of nitrogens with two attached hydrogens (primary N) is 1. The van der Waals surface area contributed by atoms with E-state index in [1.165, 1.54) is 19.1 Å². The number of anilines is 1. The molecule has 0 spiro atoms. The van der Waals surface area contributed by atoms with Crippen LogP contribution in [0.2, 0.25) is 0 Å². The molecule has 1 heterocycles. The molecular weight excluding hydrogens is 448 g/mol. The van der Waals surface area contributed by atoms with Gasteiger partial charge >= 0.3 is 0 Å². The number of aliphatic hydroxyl groups excluding tert-OH is 1. The molecule has 34 heavy (non-hydrogen) atoms. The molecule has 0 saturated heterocycles. The Morgan fingerprint density at radius 1 is 1.18 bits per heavy atom. The summed E-state index contributed by atoms with van der Waals surface area (Å²) in [6.07, 6.45) is -1.12. The molecule has 2 rings (SSSR count). The van der Waals surface area contributed by atoms with Gasteiger partial charge in [0.2, 0.25) is 17.7 Å². The number of benzene rings is 1. The lowest BCUT2D eigenvalue weighted by Crippen LogP contribution is -2.59. The number of aliphatic hydroxyl groups is 1. The van der Waals surface area contributed by atoms with Gasteiger partial charge in [-0.15, -0.1) is 0 Å². The second-order valence-electron chi connectivity index (χ2n) is 8.55. The van der Waals surface area contributed by atoms with Gasteiger partial charge in [-0.2, -0.15) is 0 Å². The van der Waals surface area contributed by atoms with E-state index in [1.807, 2.05) is 13.8 Å². The zero-order valence-corrected chi connectivity index (χ0v) is 19.2. The van der Waals surface area contributed by atoms with Gasteiger partial charge in [0.15, 0.2) is 0 Å². The van der Waals surface area contributed by atoms with Crippen molar-refractivity contribution in [3.8, 4) is 0 Å². The minimum Gasteiger partial charge on any atom is -0.391 e. The van der Waals surface area contributed by atoms with Crippen LogP contribution in [0.15, 0.2) is 18.2 Å². The molecule has 0 fully saturated rings. The number of fused-ring (bicyclic) bond motifs is 1. The summed E-state index contributed by atoms with van der Waals surface area (Å²) in [6.45, 7) is 5.01. The highest BCUT2D eigenvalue weighted by Gasteiger charge is 2.33. The number of non-ortho nitro benzene ring substituents is 1. The molecule has 4 atom stereocenters. The van der Waals surface area contributed by atoms with E-state index in [0.717, 1.165) is 6.07 Å². The fraction of sp³-hybridized carbons (Fsp3) is 0.524. The fourth-order valence-corrected chi connectivity index (χ4v) is 3.48. The van der Waals surface area contributed by atoms with Crippen molar-refractivity contribution in [2.24, 2.45) is 11.7 Å². The van der Waals surface area contributed by atoms with Crippen LogP contribution in [0.5, 0.6) is 0 Å². The van der Waals surface area contributed by atoms with E-state index in [-0.39, 0.29) is 42.2 Å². The van der Waals surface area contributed by atoms with Crippen LogP contribution in [0, 0.1) is 16.0 Å². The molecule has 1 aliphatic heterocycles. The van der Waals surface area contributed by atoms with Crippen LogP contribution in [0.1, 0.15) is 44.0 Å². The van der Waals surface area contributed by atoms with Gasteiger partial charge in [-0.1, -0.05) is 13.8 Å². The third-order valence-electron chi connectivity index (χ3n) is 5.26. The van der Waals surface area contributed by atoms with Crippen molar-refractivity contribution >= 4 is 35.0 Å². The van der Waals surface area contributed by atoms with E-state index < -0.39 is 52.8 Å². The average molecular weight is 479 g/mol. The zero-order valence-electron chi connectivity index (χ0n) is 19.2. The number of amides is 4. The van der Waals surface area contributed by atoms with E-state index >= 15 is 0 Å². The van der Waals surface area contributed by atoms with Crippen molar-refractivity contribution in [3.05, 3.63) is 33.9 Å². The lowest BCUT2D eigenvalue weighted by Gasteiger charge is -2.27. The van der Waals surface area contributed by atoms with Crippen molar-refractivity contribution in [3.63, 3.8) is 0 Å². The first-order chi connectivity index (χ1) is 15.9. The Balaban J connectivity index is 2.52. The van der Waals surface area contributed by atoms with Gasteiger partial charge in [-0.3, -0.25) is 29.3 Å². The molecule has 1 aromatic rings. The number of primary amides is 1. The summed E-state index contributed by atoms with van der Waals surface area (Å²) in [5, 5.41) is 31.7. The largest absolute Gasteiger partial charge is 0.391 e. The van der Waals surface area contributed by atoms with Gasteiger partial charge in [0.25, 0.3) is 11.6 Å². The zero-order chi connectivity index (χ0) is 25.6. The van der Waals surface area contributed by atoms with Crippen molar-refractivity contribution in [2.75, 3.05) is 11.9 Å². The number of rotatable bonds is 5. The molecule has 0 bridgehead atoms. The summed E-state index contributed by atoms with van der Waals surface area (Å²) >= 11 is 0. The number of nitro groups is 1. The van der Waals surface area contributed by atoms with Crippen LogP contribution in [0.3, 0.4) is 0 Å². The molecule has 4 amide bonds. The van der Waals surface area contributed by atoms with Gasteiger partial charge < -0.3 is 32.1 Å². The number of hydrogen-bond acceptors (Lipinski definition) is 8. The molecule has 0 aromatic heterocycles. The lowest BCUT2D eigenvalue weighted by atomic mass is 10.0. The third kappa shape index (κ3) is 6.88. The van der Waals surface area contributed by atoms with Gasteiger partial charge in [-0.25, -0.2) is 0 Å². The minimum atomic E-state index is -1.41. The Morgan fingerprint density at radius 2 is 1.85 bits per heavy atom. The molecule has 0 unspecified atom stereocenters. The molecular formula is C21H30N6O7. The molecule has 1 aromatic carbocycles. The van der Waals surface area contributed by atoms with E-state index in [9.17, 15) is 34.4 Å². The minimum absolute atomic E-state index is 0.00949. The van der Waals surface area contributed by atoms with Crippen LogP contribution >= 0.6 is 0 Å². The molecule has 186 valence electrons. The summed E-state index contributed by atoms with van der Waals surface area (Å²) in [7, 11) is 0.